The normalized spacial score (nSPS) is 15.5. The van der Waals surface area contributed by atoms with Crippen molar-refractivity contribution < 1.29 is 27.2 Å². The average molecular weight is 1920 g/mol. The predicted molar refractivity (Wildman–Crippen MR) is 565 cm³/mol. The molecule has 13 aromatic rings. The van der Waals surface area contributed by atoms with Crippen molar-refractivity contribution in [3.8, 4) is 52.5 Å². The average Bonchev–Trinajstić information content (AvgIpc) is 1.48. The van der Waals surface area contributed by atoms with Crippen molar-refractivity contribution in [1.82, 2.24) is 0 Å². The van der Waals surface area contributed by atoms with Crippen molar-refractivity contribution in [2.24, 2.45) is 11.8 Å². The molecule has 17 rings (SSSR count). The third-order valence-corrected chi connectivity index (χ3v) is 36.4. The third kappa shape index (κ3) is 17.8. The van der Waals surface area contributed by atoms with E-state index >= 15 is 27.2 Å². The number of allylic oxidation sites excluding steroid dienone is 6. The molecule has 4 aliphatic rings. The Morgan fingerprint density at radius 1 is 0.397 bits per heavy atom. The standard InChI is InChI=1S/C120H118F4N4O2S6/c1-13-21-27-31-41-75-45-35-49-79(55-75)119(80-50-36-46-76(56-80)42-32-28-22-14-2)91-63-83(61-89-103(97(69-125)127-11)85-53-71(9)72(10)54-87(85)111(89)129)131-113(91)117-109(119)107-105(101-67-95(123)99(133-101)59-73(19-7)39-25-17-5)116-108(106(115(107)135-117)102-68-96(124)100(134-102)60-74(20-8)40-26-18-6)110-118(136-116)114-92(64-84(132-114)62-90-104(98(70-126)128-12)86-65-93(121)94(122)66-88(86)112(90)130)120(110,81-51-37-47-77(57-81)43-33-29-23-15-3)82-52-38-48-78(58-82)44-34-30-24-16-4/h35-38,45-58,61-68,73-74H,13-34,39-44,59-60H2,1-10H3/b89-61-,90-62-,103-97+,104-98-. The molecule has 6 nitrogen and oxygen atoms in total. The van der Waals surface area contributed by atoms with Crippen LogP contribution in [0.2, 0.25) is 0 Å². The molecular formula is C120H118F4N4O2S6. The van der Waals surface area contributed by atoms with Gasteiger partial charge in [0.2, 0.25) is 0 Å². The smallest absolute Gasteiger partial charge is 0.270 e. The molecule has 6 heterocycles. The summed E-state index contributed by atoms with van der Waals surface area (Å²) in [5, 5.41) is 23.7. The number of ketones is 2. The van der Waals surface area contributed by atoms with Gasteiger partial charge in [0.15, 0.2) is 23.2 Å². The van der Waals surface area contributed by atoms with Gasteiger partial charge >= 0.3 is 0 Å². The number of nitrogens with zero attached hydrogens (tertiary/aromatic N) is 4. The first-order chi connectivity index (χ1) is 66.2. The van der Waals surface area contributed by atoms with Crippen LogP contribution in [0.3, 0.4) is 0 Å². The fourth-order valence-corrected chi connectivity index (χ4v) is 30.0. The number of benzene rings is 7. The van der Waals surface area contributed by atoms with Crippen LogP contribution in [0.1, 0.15) is 339 Å². The first-order valence-corrected chi connectivity index (χ1v) is 54.6. The summed E-state index contributed by atoms with van der Waals surface area (Å²) in [5.41, 5.74) is 14.8. The number of thiophene rings is 6. The minimum absolute atomic E-state index is 0.0232. The maximum absolute atomic E-state index is 19.0. The van der Waals surface area contributed by atoms with E-state index in [4.69, 9.17) is 13.1 Å². The number of hydrogen-bond donors (Lipinski definition) is 0. The molecule has 0 radical (unpaired) electrons. The highest BCUT2D eigenvalue weighted by molar-refractivity contribution is 7.30. The number of carbonyl (C=O) groups is 2. The Morgan fingerprint density at radius 3 is 1.07 bits per heavy atom. The van der Waals surface area contributed by atoms with E-state index in [9.17, 15) is 10.5 Å². The van der Waals surface area contributed by atoms with Crippen LogP contribution in [0.5, 0.6) is 0 Å². The SMILES string of the molecule is [C-]#[N+]/C(C#N)=C1\C(=C\c2cc3c(s2)-c2sc4c(-c5cc(F)c(CC(CC)CCCC)s5)c5c6c(sc5c(-c5cc(F)c(CC(CC)CCCC)s5)c4c2C3(c2cccc(CCCCCC)c2)c2cccc(CCCCCC)c2)-c2sc(/C=C3\C(=O)c4cc(C)c(C)cc4\C3=C(\C#N)[N+]#[C-])cc2C6(c2cccc(CCCCCC)c2)c2cccc(CCCCCC)c2)C(=O)c2cc(F)c(F)cc21. The first kappa shape index (κ1) is 96.9. The summed E-state index contributed by atoms with van der Waals surface area (Å²) in [4.78, 5) is 46.7. The Balaban J connectivity index is 1.09. The van der Waals surface area contributed by atoms with E-state index in [1.54, 1.807) is 62.8 Å². The summed E-state index contributed by atoms with van der Waals surface area (Å²) in [5.74, 6) is -3.44. The van der Waals surface area contributed by atoms with E-state index in [1.165, 1.54) is 22.5 Å². The number of rotatable bonds is 40. The van der Waals surface area contributed by atoms with Crippen LogP contribution >= 0.6 is 68.0 Å². The molecule has 0 N–H and O–H groups in total. The molecule has 0 saturated heterocycles. The second kappa shape index (κ2) is 42.3. The van der Waals surface area contributed by atoms with Gasteiger partial charge in [0.25, 0.3) is 11.4 Å². The van der Waals surface area contributed by atoms with Crippen molar-refractivity contribution in [1.29, 1.82) is 10.5 Å². The van der Waals surface area contributed by atoms with E-state index < -0.39 is 33.9 Å². The Morgan fingerprint density at radius 2 is 0.735 bits per heavy atom. The van der Waals surface area contributed by atoms with Crippen LogP contribution < -0.4 is 0 Å². The number of unbranched alkanes of at least 4 members (excludes halogenated alkanes) is 14. The molecule has 6 aromatic heterocycles. The molecule has 0 aliphatic heterocycles. The molecule has 0 saturated carbocycles. The summed E-state index contributed by atoms with van der Waals surface area (Å²) in [7, 11) is 0. The third-order valence-electron chi connectivity index (χ3n) is 29.2. The van der Waals surface area contributed by atoms with E-state index in [1.807, 2.05) is 50.3 Å². The maximum atomic E-state index is 19.0. The van der Waals surface area contributed by atoms with Crippen LogP contribution in [0, 0.1) is 84.8 Å². The van der Waals surface area contributed by atoms with Crippen LogP contribution in [-0.2, 0) is 49.4 Å². The summed E-state index contributed by atoms with van der Waals surface area (Å²) in [6.07, 6.45) is 32.5. The van der Waals surface area contributed by atoms with Gasteiger partial charge in [0.1, 0.15) is 11.6 Å². The van der Waals surface area contributed by atoms with Gasteiger partial charge < -0.3 is 0 Å². The molecule has 0 bridgehead atoms. The van der Waals surface area contributed by atoms with Crippen molar-refractivity contribution in [3.05, 3.63) is 334 Å². The number of nitriles is 2. The van der Waals surface area contributed by atoms with Gasteiger partial charge in [-0.15, -0.1) is 68.0 Å². The molecule has 2 atom stereocenters. The largest absolute Gasteiger partial charge is 0.289 e. The molecule has 694 valence electrons. The van der Waals surface area contributed by atoms with Crippen molar-refractivity contribution in [2.75, 3.05) is 0 Å². The van der Waals surface area contributed by atoms with E-state index in [0.29, 0.717) is 44.2 Å². The monoisotopic (exact) mass is 1910 g/mol. The van der Waals surface area contributed by atoms with Gasteiger partial charge in [-0.1, -0.05) is 287 Å². The van der Waals surface area contributed by atoms with Crippen LogP contribution in [0.25, 0.3) is 93.6 Å². The van der Waals surface area contributed by atoms with E-state index in [-0.39, 0.29) is 62.8 Å². The Hall–Kier alpha value is -10.8. The van der Waals surface area contributed by atoms with Gasteiger partial charge in [0, 0.05) is 94.0 Å². The van der Waals surface area contributed by atoms with Crippen LogP contribution in [0.4, 0.5) is 17.6 Å². The fraction of sp³-hybridized carbons (Fsp3) is 0.367. The van der Waals surface area contributed by atoms with E-state index in [2.05, 4.69) is 180 Å². The Labute approximate surface area is 825 Å². The predicted octanol–water partition coefficient (Wildman–Crippen LogP) is 36.5. The lowest BCUT2D eigenvalue weighted by atomic mass is 9.65. The Kier molecular flexibility index (Phi) is 30.1. The molecule has 16 heteroatoms. The molecule has 2 unspecified atom stereocenters. The fourth-order valence-electron chi connectivity index (χ4n) is 22.0. The van der Waals surface area contributed by atoms with Crippen molar-refractivity contribution in [3.63, 3.8) is 0 Å². The van der Waals surface area contributed by atoms with E-state index in [0.717, 1.165) is 324 Å². The van der Waals surface area contributed by atoms with Crippen molar-refractivity contribution in [2.45, 2.75) is 273 Å². The number of carbonyl (C=O) groups excluding carboxylic acids is 2. The topological polar surface area (TPSA) is 90.4 Å². The summed E-state index contributed by atoms with van der Waals surface area (Å²) in [6.45, 7) is 38.8. The molecule has 136 heavy (non-hydrogen) atoms. The number of hydrogen-bond acceptors (Lipinski definition) is 10. The lowest BCUT2D eigenvalue weighted by Gasteiger charge is -2.35. The first-order valence-electron chi connectivity index (χ1n) is 49.7. The zero-order chi connectivity index (χ0) is 95.4. The molecular weight excluding hydrogens is 1800 g/mol. The number of fused-ring (bicyclic) bond motifs is 12. The van der Waals surface area contributed by atoms with Gasteiger partial charge in [-0.05, 0) is 234 Å². The molecule has 7 aromatic carbocycles. The van der Waals surface area contributed by atoms with Gasteiger partial charge in [-0.3, -0.25) is 9.59 Å². The number of halogens is 4. The minimum atomic E-state index is -1.24. The number of aryl methyl sites for hydroxylation is 6. The maximum Gasteiger partial charge on any atom is 0.270 e. The lowest BCUT2D eigenvalue weighted by Crippen LogP contribution is -2.29. The summed E-state index contributed by atoms with van der Waals surface area (Å²) < 4.78 is 71.3. The van der Waals surface area contributed by atoms with Crippen molar-refractivity contribution >= 4 is 123 Å². The molecule has 0 spiro atoms. The Bertz CT molecular complexity index is 6580. The molecule has 4 aliphatic carbocycles. The molecule has 0 fully saturated rings. The minimum Gasteiger partial charge on any atom is -0.289 e. The second-order valence-electron chi connectivity index (χ2n) is 38.1. The summed E-state index contributed by atoms with van der Waals surface area (Å²) >= 11 is 9.65. The highest BCUT2D eigenvalue weighted by Crippen LogP contribution is 2.71. The lowest BCUT2D eigenvalue weighted by molar-refractivity contribution is 0.103. The second-order valence-corrected chi connectivity index (χ2v) is 44.5. The van der Waals surface area contributed by atoms with Gasteiger partial charge in [-0.2, -0.15) is 0 Å². The highest BCUT2D eigenvalue weighted by Gasteiger charge is 2.55. The highest BCUT2D eigenvalue weighted by atomic mass is 32.1. The van der Waals surface area contributed by atoms with Crippen LogP contribution in [-0.4, -0.2) is 11.6 Å². The van der Waals surface area contributed by atoms with Gasteiger partial charge in [0.05, 0.1) is 55.6 Å². The zero-order valence-corrected chi connectivity index (χ0v) is 84.8. The summed E-state index contributed by atoms with van der Waals surface area (Å²) in [6, 6.07) is 54.9. The quantitative estimate of drug-likeness (QED) is 0.0126. The zero-order valence-electron chi connectivity index (χ0n) is 79.9. The number of Topliss-reactive ketones (excluding diaryl/α,β-unsaturated/α-hetero) is 2. The van der Waals surface area contributed by atoms with Gasteiger partial charge in [-0.25, -0.2) is 37.8 Å². The molecule has 0 amide bonds. The van der Waals surface area contributed by atoms with Crippen LogP contribution in [0.15, 0.2) is 168 Å².